The van der Waals surface area contributed by atoms with E-state index in [-0.39, 0.29) is 12.1 Å². The van der Waals surface area contributed by atoms with Gasteiger partial charge in [0.2, 0.25) is 0 Å². The van der Waals surface area contributed by atoms with Crippen molar-refractivity contribution in [3.8, 4) is 5.69 Å². The molecule has 2 aromatic heterocycles. The lowest BCUT2D eigenvalue weighted by molar-refractivity contribution is 0.739. The minimum Gasteiger partial charge on any atom is -0.317 e. The van der Waals surface area contributed by atoms with Crippen molar-refractivity contribution in [3.05, 3.63) is 145 Å². The molecular formula is C37H25N3S. The number of nitrogens with zero attached hydrogens (tertiary/aromatic N) is 3. The lowest BCUT2D eigenvalue weighted by Gasteiger charge is -2.29. The Morgan fingerprint density at radius 3 is 2.22 bits per heavy atom. The Labute approximate surface area is 241 Å². The Kier molecular flexibility index (Phi) is 4.89. The van der Waals surface area contributed by atoms with E-state index < -0.39 is 0 Å². The van der Waals surface area contributed by atoms with Crippen LogP contribution in [0, 0.1) is 0 Å². The van der Waals surface area contributed by atoms with Crippen molar-refractivity contribution in [3.63, 3.8) is 0 Å². The summed E-state index contributed by atoms with van der Waals surface area (Å²) in [5.41, 5.74) is 5.91. The Morgan fingerprint density at radius 2 is 1.34 bits per heavy atom. The van der Waals surface area contributed by atoms with Crippen LogP contribution < -0.4 is 4.90 Å². The zero-order valence-corrected chi connectivity index (χ0v) is 23.0. The van der Waals surface area contributed by atoms with Crippen LogP contribution >= 0.6 is 11.3 Å². The van der Waals surface area contributed by atoms with Gasteiger partial charge in [0.15, 0.2) is 0 Å². The first kappa shape index (κ1) is 22.8. The topological polar surface area (TPSA) is 20.5 Å². The largest absolute Gasteiger partial charge is 0.317 e. The van der Waals surface area contributed by atoms with E-state index in [4.69, 9.17) is 4.99 Å². The van der Waals surface area contributed by atoms with Crippen LogP contribution in [0.2, 0.25) is 0 Å². The summed E-state index contributed by atoms with van der Waals surface area (Å²) in [6, 6.07) is 42.0. The molecule has 1 aliphatic heterocycles. The second kappa shape index (κ2) is 8.79. The van der Waals surface area contributed by atoms with Gasteiger partial charge in [-0.2, -0.15) is 0 Å². The number of thiophene rings is 1. The van der Waals surface area contributed by atoms with E-state index in [1.54, 1.807) is 0 Å². The van der Waals surface area contributed by atoms with Gasteiger partial charge < -0.3 is 9.47 Å². The van der Waals surface area contributed by atoms with E-state index in [1.165, 1.54) is 42.0 Å². The van der Waals surface area contributed by atoms with Crippen molar-refractivity contribution in [2.24, 2.45) is 4.99 Å². The Morgan fingerprint density at radius 1 is 0.585 bits per heavy atom. The van der Waals surface area contributed by atoms with Gasteiger partial charge in [0.05, 0.1) is 23.1 Å². The van der Waals surface area contributed by atoms with Crippen LogP contribution in [0.4, 0.5) is 5.69 Å². The van der Waals surface area contributed by atoms with Gasteiger partial charge in [0.25, 0.3) is 0 Å². The number of fused-ring (bicyclic) bond motifs is 8. The Bertz CT molecular complexity index is 2210. The summed E-state index contributed by atoms with van der Waals surface area (Å²) in [6.45, 7) is 0. The van der Waals surface area contributed by atoms with Crippen molar-refractivity contribution in [1.82, 2.24) is 4.57 Å². The normalized spacial score (nSPS) is 18.1. The van der Waals surface area contributed by atoms with Crippen LogP contribution in [-0.2, 0) is 0 Å². The average Bonchev–Trinajstić information content (AvgIpc) is 3.71. The van der Waals surface area contributed by atoms with E-state index in [1.807, 2.05) is 11.3 Å². The number of hydrogen-bond acceptors (Lipinski definition) is 3. The van der Waals surface area contributed by atoms with Crippen molar-refractivity contribution in [2.75, 3.05) is 4.90 Å². The Balaban J connectivity index is 1.21. The predicted molar refractivity (Wildman–Crippen MR) is 175 cm³/mol. The molecule has 194 valence electrons. The lowest BCUT2D eigenvalue weighted by atomic mass is 10.0. The number of amidine groups is 1. The first-order chi connectivity index (χ1) is 20.3. The molecule has 0 radical (unpaired) electrons. The van der Waals surface area contributed by atoms with Crippen LogP contribution in [0.1, 0.15) is 5.56 Å². The molecule has 0 fully saturated rings. The highest BCUT2D eigenvalue weighted by Gasteiger charge is 2.35. The highest BCUT2D eigenvalue weighted by molar-refractivity contribution is 7.26. The standard InChI is InChI=1S/C37H25N3S/c1-2-10-25(11-3-1)40-32-16-8-6-14-30(32)38-37(40)24-18-20-26(21-19-24)39-31-15-7-4-13-29(31)35-33(39)23-22-28-27-12-5-9-17-34(27)41-36(28)35/h1-23,30,32H. The number of aromatic nitrogens is 1. The molecule has 0 bridgehead atoms. The molecule has 2 atom stereocenters. The molecular weight excluding hydrogens is 518 g/mol. The van der Waals surface area contributed by atoms with Gasteiger partial charge in [0.1, 0.15) is 5.84 Å². The van der Waals surface area contributed by atoms with Crippen molar-refractivity contribution in [2.45, 2.75) is 12.1 Å². The first-order valence-corrected chi connectivity index (χ1v) is 14.9. The third kappa shape index (κ3) is 3.35. The number of para-hydroxylation sites is 2. The molecule has 41 heavy (non-hydrogen) atoms. The van der Waals surface area contributed by atoms with Gasteiger partial charge in [-0.3, -0.25) is 4.99 Å². The average molecular weight is 544 g/mol. The van der Waals surface area contributed by atoms with E-state index in [2.05, 4.69) is 149 Å². The molecule has 5 aromatic carbocycles. The molecule has 0 N–H and O–H groups in total. The second-order valence-corrected chi connectivity index (χ2v) is 11.8. The summed E-state index contributed by atoms with van der Waals surface area (Å²) in [6.07, 6.45) is 8.70. The van der Waals surface area contributed by atoms with E-state index >= 15 is 0 Å². The fraction of sp³-hybridized carbons (Fsp3) is 0.0541. The fourth-order valence-electron chi connectivity index (χ4n) is 6.66. The molecule has 3 heterocycles. The summed E-state index contributed by atoms with van der Waals surface area (Å²) in [5.74, 6) is 1.02. The molecule has 2 aliphatic rings. The van der Waals surface area contributed by atoms with Crippen LogP contribution in [0.3, 0.4) is 0 Å². The van der Waals surface area contributed by atoms with Crippen molar-refractivity contribution >= 4 is 64.8 Å². The fourth-order valence-corrected chi connectivity index (χ4v) is 7.91. The first-order valence-electron chi connectivity index (χ1n) is 14.1. The van der Waals surface area contributed by atoms with Crippen molar-refractivity contribution in [1.29, 1.82) is 0 Å². The zero-order chi connectivity index (χ0) is 26.9. The molecule has 7 aromatic rings. The monoisotopic (exact) mass is 543 g/mol. The van der Waals surface area contributed by atoms with Gasteiger partial charge in [-0.1, -0.05) is 85.0 Å². The van der Waals surface area contributed by atoms with Gasteiger partial charge >= 0.3 is 0 Å². The third-order valence-electron chi connectivity index (χ3n) is 8.47. The summed E-state index contributed by atoms with van der Waals surface area (Å²) in [5, 5.41) is 5.30. The zero-order valence-electron chi connectivity index (χ0n) is 22.2. The van der Waals surface area contributed by atoms with E-state index in [9.17, 15) is 0 Å². The van der Waals surface area contributed by atoms with Gasteiger partial charge in [-0.15, -0.1) is 11.3 Å². The van der Waals surface area contributed by atoms with E-state index in [0.717, 1.165) is 22.8 Å². The molecule has 0 saturated heterocycles. The molecule has 3 nitrogen and oxygen atoms in total. The van der Waals surface area contributed by atoms with Crippen LogP contribution in [-0.4, -0.2) is 22.5 Å². The smallest absolute Gasteiger partial charge is 0.136 e. The van der Waals surface area contributed by atoms with Gasteiger partial charge in [-0.25, -0.2) is 0 Å². The Hall–Kier alpha value is -4.93. The summed E-state index contributed by atoms with van der Waals surface area (Å²) >= 11 is 1.90. The van der Waals surface area contributed by atoms with Gasteiger partial charge in [-0.05, 0) is 54.6 Å². The van der Waals surface area contributed by atoms with Crippen LogP contribution in [0.25, 0.3) is 47.7 Å². The van der Waals surface area contributed by atoms with Crippen LogP contribution in [0.15, 0.2) is 145 Å². The highest BCUT2D eigenvalue weighted by Crippen LogP contribution is 2.43. The van der Waals surface area contributed by atoms with Crippen LogP contribution in [0.5, 0.6) is 0 Å². The van der Waals surface area contributed by atoms with E-state index in [0.29, 0.717) is 0 Å². The minimum atomic E-state index is 0.121. The number of anilines is 1. The minimum absolute atomic E-state index is 0.121. The summed E-state index contributed by atoms with van der Waals surface area (Å²) in [4.78, 5) is 7.56. The lowest BCUT2D eigenvalue weighted by Crippen LogP contribution is -2.39. The molecule has 4 heteroatoms. The highest BCUT2D eigenvalue weighted by atomic mass is 32.1. The maximum absolute atomic E-state index is 5.18. The van der Waals surface area contributed by atoms with Gasteiger partial charge in [0, 0.05) is 47.9 Å². The quantitative estimate of drug-likeness (QED) is 0.217. The second-order valence-electron chi connectivity index (χ2n) is 10.7. The molecule has 0 spiro atoms. The molecule has 0 saturated carbocycles. The summed E-state index contributed by atoms with van der Waals surface area (Å²) in [7, 11) is 0. The third-order valence-corrected chi connectivity index (χ3v) is 9.68. The number of allylic oxidation sites excluding steroid dienone is 2. The number of aliphatic imine (C=N–C) groups is 1. The number of benzene rings is 5. The molecule has 0 amide bonds. The maximum atomic E-state index is 5.18. The van der Waals surface area contributed by atoms with Crippen molar-refractivity contribution < 1.29 is 0 Å². The maximum Gasteiger partial charge on any atom is 0.136 e. The SMILES string of the molecule is C1=CC2N=C(c3ccc(-n4c5ccccc5c5c6sc7ccccc7c6ccc54)cc3)N(c3ccccc3)C2C=C1. The predicted octanol–water partition coefficient (Wildman–Crippen LogP) is 9.28. The molecule has 9 rings (SSSR count). The number of hydrogen-bond donors (Lipinski definition) is 0. The summed E-state index contributed by atoms with van der Waals surface area (Å²) < 4.78 is 5.11. The number of rotatable bonds is 3. The molecule has 1 aliphatic carbocycles. The molecule has 2 unspecified atom stereocenters.